The van der Waals surface area contributed by atoms with Gasteiger partial charge in [-0.2, -0.15) is 5.10 Å². The molecular formula is C14H16N4O3. The van der Waals surface area contributed by atoms with Gasteiger partial charge in [-0.15, -0.1) is 5.10 Å². The second kappa shape index (κ2) is 5.90. The van der Waals surface area contributed by atoms with E-state index >= 15 is 0 Å². The number of aryl methyl sites for hydroxylation is 1. The van der Waals surface area contributed by atoms with Crippen molar-refractivity contribution >= 4 is 5.91 Å². The van der Waals surface area contributed by atoms with Gasteiger partial charge in [-0.1, -0.05) is 5.16 Å². The third-order valence-electron chi connectivity index (χ3n) is 3.35. The Morgan fingerprint density at radius 2 is 2.43 bits per heavy atom. The minimum Gasteiger partial charge on any atom is -0.471 e. The molecule has 1 saturated heterocycles. The average molecular weight is 288 g/mol. The first kappa shape index (κ1) is 13.5. The van der Waals surface area contributed by atoms with Crippen LogP contribution in [-0.4, -0.2) is 45.4 Å². The Labute approximate surface area is 121 Å². The molecule has 1 atom stereocenters. The van der Waals surface area contributed by atoms with Crippen LogP contribution in [0.3, 0.4) is 0 Å². The number of hydrogen-bond acceptors (Lipinski definition) is 6. The van der Waals surface area contributed by atoms with Crippen LogP contribution in [0.25, 0.3) is 0 Å². The summed E-state index contributed by atoms with van der Waals surface area (Å²) in [4.78, 5) is 14.1. The monoisotopic (exact) mass is 288 g/mol. The molecule has 2 aromatic heterocycles. The summed E-state index contributed by atoms with van der Waals surface area (Å²) in [5.41, 5.74) is 0.340. The highest BCUT2D eigenvalue weighted by molar-refractivity contribution is 5.92. The van der Waals surface area contributed by atoms with Crippen molar-refractivity contribution in [2.24, 2.45) is 0 Å². The van der Waals surface area contributed by atoms with E-state index in [1.165, 1.54) is 0 Å². The van der Waals surface area contributed by atoms with Gasteiger partial charge in [-0.25, -0.2) is 0 Å². The number of ether oxygens (including phenoxy) is 1. The summed E-state index contributed by atoms with van der Waals surface area (Å²) >= 11 is 0. The summed E-state index contributed by atoms with van der Waals surface area (Å²) in [5.74, 6) is 0.982. The van der Waals surface area contributed by atoms with Crippen molar-refractivity contribution in [3.8, 4) is 5.88 Å². The topological polar surface area (TPSA) is 81.4 Å². The van der Waals surface area contributed by atoms with Gasteiger partial charge in [0, 0.05) is 24.9 Å². The fourth-order valence-corrected chi connectivity index (χ4v) is 2.37. The zero-order valence-electron chi connectivity index (χ0n) is 11.7. The molecule has 0 bridgehead atoms. The molecule has 1 amide bonds. The number of piperidine rings is 1. The van der Waals surface area contributed by atoms with Gasteiger partial charge in [0.15, 0.2) is 5.69 Å². The Morgan fingerprint density at radius 1 is 1.52 bits per heavy atom. The molecule has 2 aromatic rings. The molecule has 0 saturated carbocycles. The van der Waals surface area contributed by atoms with Gasteiger partial charge < -0.3 is 14.2 Å². The number of aromatic nitrogens is 3. The van der Waals surface area contributed by atoms with E-state index in [1.54, 1.807) is 36.2 Å². The van der Waals surface area contributed by atoms with Crippen LogP contribution in [0.1, 0.15) is 29.1 Å². The summed E-state index contributed by atoms with van der Waals surface area (Å²) in [5, 5.41) is 11.4. The van der Waals surface area contributed by atoms with Gasteiger partial charge in [-0.05, 0) is 25.8 Å². The normalized spacial score (nSPS) is 18.5. The highest BCUT2D eigenvalue weighted by Crippen LogP contribution is 2.18. The number of carbonyl (C=O) groups is 1. The van der Waals surface area contributed by atoms with E-state index in [1.807, 2.05) is 0 Å². The predicted molar refractivity (Wildman–Crippen MR) is 72.8 cm³/mol. The minimum atomic E-state index is -0.126. The molecule has 1 aliphatic heterocycles. The fraction of sp³-hybridized carbons (Fsp3) is 0.429. The standard InChI is InChI=1S/C14H16N4O3/c1-10-8-12(17-21-10)14(19)18-7-3-4-11(9-18)20-13-5-2-6-15-16-13/h2,5-6,8,11H,3-4,7,9H2,1H3/t11-/m1/s1. The minimum absolute atomic E-state index is 0.0765. The van der Waals surface area contributed by atoms with Crippen LogP contribution in [0.5, 0.6) is 5.88 Å². The quantitative estimate of drug-likeness (QED) is 0.850. The number of hydrogen-bond donors (Lipinski definition) is 0. The van der Waals surface area contributed by atoms with Crippen LogP contribution in [0, 0.1) is 6.92 Å². The molecule has 0 spiro atoms. The lowest BCUT2D eigenvalue weighted by molar-refractivity contribution is 0.0516. The zero-order valence-corrected chi connectivity index (χ0v) is 11.7. The van der Waals surface area contributed by atoms with Crippen LogP contribution in [0.4, 0.5) is 0 Å². The van der Waals surface area contributed by atoms with Crippen LogP contribution in [0.2, 0.25) is 0 Å². The molecule has 3 heterocycles. The molecule has 0 N–H and O–H groups in total. The lowest BCUT2D eigenvalue weighted by Crippen LogP contribution is -2.44. The van der Waals surface area contributed by atoms with Crippen molar-refractivity contribution in [3.63, 3.8) is 0 Å². The van der Waals surface area contributed by atoms with Crippen molar-refractivity contribution in [2.75, 3.05) is 13.1 Å². The Bertz CT molecular complexity index is 614. The van der Waals surface area contributed by atoms with Crippen molar-refractivity contribution < 1.29 is 14.1 Å². The molecule has 1 fully saturated rings. The number of likely N-dealkylation sites (tertiary alicyclic amines) is 1. The predicted octanol–water partition coefficient (Wildman–Crippen LogP) is 1.46. The molecule has 7 nitrogen and oxygen atoms in total. The number of amides is 1. The van der Waals surface area contributed by atoms with Crippen LogP contribution in [-0.2, 0) is 0 Å². The maximum atomic E-state index is 12.3. The molecule has 110 valence electrons. The lowest BCUT2D eigenvalue weighted by Gasteiger charge is -2.31. The molecule has 1 aliphatic rings. The van der Waals surface area contributed by atoms with Crippen molar-refractivity contribution in [2.45, 2.75) is 25.9 Å². The summed E-state index contributed by atoms with van der Waals surface area (Å²) in [7, 11) is 0. The van der Waals surface area contributed by atoms with E-state index in [2.05, 4.69) is 15.4 Å². The number of nitrogens with zero attached hydrogens (tertiary/aromatic N) is 4. The Morgan fingerprint density at radius 3 is 3.14 bits per heavy atom. The zero-order chi connectivity index (χ0) is 14.7. The van der Waals surface area contributed by atoms with Crippen LogP contribution < -0.4 is 4.74 Å². The molecule has 21 heavy (non-hydrogen) atoms. The largest absolute Gasteiger partial charge is 0.471 e. The second-order valence-corrected chi connectivity index (χ2v) is 5.02. The summed E-state index contributed by atoms with van der Waals surface area (Å²) in [6.07, 6.45) is 3.29. The van der Waals surface area contributed by atoms with E-state index in [4.69, 9.17) is 9.26 Å². The number of rotatable bonds is 3. The van der Waals surface area contributed by atoms with Crippen molar-refractivity contribution in [3.05, 3.63) is 35.9 Å². The summed E-state index contributed by atoms with van der Waals surface area (Å²) in [6.45, 7) is 2.98. The number of carbonyl (C=O) groups excluding carboxylic acids is 1. The van der Waals surface area contributed by atoms with Gasteiger partial charge in [0.1, 0.15) is 11.9 Å². The highest BCUT2D eigenvalue weighted by Gasteiger charge is 2.27. The molecule has 0 unspecified atom stereocenters. The fourth-order valence-electron chi connectivity index (χ4n) is 2.37. The summed E-state index contributed by atoms with van der Waals surface area (Å²) in [6, 6.07) is 5.18. The lowest BCUT2D eigenvalue weighted by atomic mass is 10.1. The smallest absolute Gasteiger partial charge is 0.276 e. The van der Waals surface area contributed by atoms with E-state index < -0.39 is 0 Å². The van der Waals surface area contributed by atoms with Crippen molar-refractivity contribution in [1.82, 2.24) is 20.3 Å². The van der Waals surface area contributed by atoms with Gasteiger partial charge in [0.2, 0.25) is 5.88 Å². The van der Waals surface area contributed by atoms with Gasteiger partial charge in [0.25, 0.3) is 5.91 Å². The van der Waals surface area contributed by atoms with E-state index in [9.17, 15) is 4.79 Å². The first-order chi connectivity index (χ1) is 10.2. The van der Waals surface area contributed by atoms with Gasteiger partial charge in [0.05, 0.1) is 6.54 Å². The molecule has 0 radical (unpaired) electrons. The maximum Gasteiger partial charge on any atom is 0.276 e. The second-order valence-electron chi connectivity index (χ2n) is 5.02. The van der Waals surface area contributed by atoms with Crippen LogP contribution in [0.15, 0.2) is 28.9 Å². The van der Waals surface area contributed by atoms with Gasteiger partial charge >= 0.3 is 0 Å². The molecule has 0 aromatic carbocycles. The van der Waals surface area contributed by atoms with Crippen molar-refractivity contribution in [1.29, 1.82) is 0 Å². The van der Waals surface area contributed by atoms with Crippen LogP contribution >= 0.6 is 0 Å². The Hall–Kier alpha value is -2.44. The SMILES string of the molecule is Cc1cc(C(=O)N2CCC[C@@H](Oc3cccnn3)C2)no1. The highest BCUT2D eigenvalue weighted by atomic mass is 16.5. The molecular weight excluding hydrogens is 272 g/mol. The molecule has 0 aliphatic carbocycles. The Kier molecular flexibility index (Phi) is 3.81. The maximum absolute atomic E-state index is 12.3. The van der Waals surface area contributed by atoms with E-state index in [0.717, 1.165) is 12.8 Å². The van der Waals surface area contributed by atoms with Gasteiger partial charge in [-0.3, -0.25) is 4.79 Å². The molecule has 7 heteroatoms. The molecule has 3 rings (SSSR count). The van der Waals surface area contributed by atoms with E-state index in [0.29, 0.717) is 30.4 Å². The third kappa shape index (κ3) is 3.18. The average Bonchev–Trinajstić information content (AvgIpc) is 2.94. The Balaban J connectivity index is 1.64. The third-order valence-corrected chi connectivity index (χ3v) is 3.35. The van der Waals surface area contributed by atoms with E-state index in [-0.39, 0.29) is 12.0 Å². The first-order valence-electron chi connectivity index (χ1n) is 6.89. The summed E-state index contributed by atoms with van der Waals surface area (Å²) < 4.78 is 10.7. The first-order valence-corrected chi connectivity index (χ1v) is 6.89.